The summed E-state index contributed by atoms with van der Waals surface area (Å²) in [6.07, 6.45) is 0. The van der Waals surface area contributed by atoms with Crippen LogP contribution < -0.4 is 5.32 Å². The standard InChI is InChI=1S/C17H22N2O.C2H2O4/c1-2-7-17-15(4-1)5-3-6-16(17)14-18-8-9-19-10-12-20-13-11-19;3-1(4)2(5)6/h1-7,18H,8-14H2;(H,3,4)(H,5,6). The Labute approximate surface area is 152 Å². The molecule has 1 saturated heterocycles. The Bertz CT molecular complexity index is 711. The maximum Gasteiger partial charge on any atom is 0.414 e. The van der Waals surface area contributed by atoms with E-state index in [0.29, 0.717) is 0 Å². The first kappa shape index (κ1) is 19.8. The average Bonchev–Trinajstić information content (AvgIpc) is 2.66. The van der Waals surface area contributed by atoms with E-state index in [1.807, 2.05) is 0 Å². The Hall–Kier alpha value is -2.48. The van der Waals surface area contributed by atoms with Gasteiger partial charge in [0.05, 0.1) is 13.2 Å². The fourth-order valence-electron chi connectivity index (χ4n) is 2.73. The van der Waals surface area contributed by atoms with E-state index in [9.17, 15) is 0 Å². The fourth-order valence-corrected chi connectivity index (χ4v) is 2.73. The van der Waals surface area contributed by atoms with Crippen molar-refractivity contribution in [2.24, 2.45) is 0 Å². The number of nitrogens with zero attached hydrogens (tertiary/aromatic N) is 1. The van der Waals surface area contributed by atoms with Crippen molar-refractivity contribution in [2.45, 2.75) is 6.54 Å². The number of hydrogen-bond donors (Lipinski definition) is 3. The van der Waals surface area contributed by atoms with Crippen LogP contribution in [0, 0.1) is 0 Å². The maximum atomic E-state index is 9.10. The van der Waals surface area contributed by atoms with Gasteiger partial charge >= 0.3 is 11.9 Å². The van der Waals surface area contributed by atoms with E-state index in [4.69, 9.17) is 24.5 Å². The highest BCUT2D eigenvalue weighted by atomic mass is 16.5. The third-order valence-corrected chi connectivity index (χ3v) is 4.09. The van der Waals surface area contributed by atoms with Crippen LogP contribution in [0.5, 0.6) is 0 Å². The SMILES string of the molecule is O=C(O)C(=O)O.c1ccc2c(CNCCN3CCOCC3)cccc2c1. The number of carboxylic acid groups (broad SMARTS) is 2. The number of hydrogen-bond acceptors (Lipinski definition) is 5. The van der Waals surface area contributed by atoms with Gasteiger partial charge in [-0.1, -0.05) is 42.5 Å². The molecule has 0 aliphatic carbocycles. The molecule has 0 saturated carbocycles. The van der Waals surface area contributed by atoms with Crippen LogP contribution >= 0.6 is 0 Å². The molecule has 140 valence electrons. The molecule has 0 radical (unpaired) electrons. The number of benzene rings is 2. The lowest BCUT2D eigenvalue weighted by molar-refractivity contribution is -0.159. The molecule has 0 amide bonds. The van der Waals surface area contributed by atoms with Crippen LogP contribution in [0.2, 0.25) is 0 Å². The van der Waals surface area contributed by atoms with E-state index in [2.05, 4.69) is 52.7 Å². The third kappa shape index (κ3) is 6.44. The van der Waals surface area contributed by atoms with Gasteiger partial charge in [-0.3, -0.25) is 4.90 Å². The van der Waals surface area contributed by atoms with E-state index in [1.165, 1.54) is 16.3 Å². The molecule has 1 fully saturated rings. The number of carbonyl (C=O) groups is 2. The second kappa shape index (κ2) is 10.5. The van der Waals surface area contributed by atoms with Crippen molar-refractivity contribution in [1.29, 1.82) is 0 Å². The first-order valence-electron chi connectivity index (χ1n) is 8.51. The third-order valence-electron chi connectivity index (χ3n) is 4.09. The molecule has 7 nitrogen and oxygen atoms in total. The first-order valence-corrected chi connectivity index (χ1v) is 8.51. The Balaban J connectivity index is 0.000000352. The van der Waals surface area contributed by atoms with Crippen LogP contribution in [-0.2, 0) is 20.9 Å². The largest absolute Gasteiger partial charge is 0.473 e. The van der Waals surface area contributed by atoms with Crippen molar-refractivity contribution >= 4 is 22.7 Å². The van der Waals surface area contributed by atoms with Crippen molar-refractivity contribution in [3.8, 4) is 0 Å². The molecule has 26 heavy (non-hydrogen) atoms. The minimum Gasteiger partial charge on any atom is -0.473 e. The van der Waals surface area contributed by atoms with Crippen molar-refractivity contribution in [3.63, 3.8) is 0 Å². The van der Waals surface area contributed by atoms with Crippen LogP contribution in [0.1, 0.15) is 5.56 Å². The van der Waals surface area contributed by atoms with Crippen LogP contribution in [0.3, 0.4) is 0 Å². The monoisotopic (exact) mass is 360 g/mol. The first-order chi connectivity index (χ1) is 12.6. The van der Waals surface area contributed by atoms with Crippen molar-refractivity contribution in [3.05, 3.63) is 48.0 Å². The smallest absolute Gasteiger partial charge is 0.414 e. The summed E-state index contributed by atoms with van der Waals surface area (Å²) in [4.78, 5) is 20.7. The van der Waals surface area contributed by atoms with Gasteiger partial charge in [-0.25, -0.2) is 9.59 Å². The minimum absolute atomic E-state index is 0.878. The summed E-state index contributed by atoms with van der Waals surface area (Å²) in [6.45, 7) is 6.96. The lowest BCUT2D eigenvalue weighted by atomic mass is 10.0. The summed E-state index contributed by atoms with van der Waals surface area (Å²) in [5.41, 5.74) is 1.38. The lowest BCUT2D eigenvalue weighted by Gasteiger charge is -2.26. The van der Waals surface area contributed by atoms with Gasteiger partial charge in [0.15, 0.2) is 0 Å². The van der Waals surface area contributed by atoms with Crippen molar-refractivity contribution in [1.82, 2.24) is 10.2 Å². The molecule has 2 aromatic rings. The predicted molar refractivity (Wildman–Crippen MR) is 98.2 cm³/mol. The Morgan fingerprint density at radius 1 is 1.00 bits per heavy atom. The summed E-state index contributed by atoms with van der Waals surface area (Å²) in [6, 6.07) is 15.1. The van der Waals surface area contributed by atoms with Gasteiger partial charge in [-0.15, -0.1) is 0 Å². The maximum absolute atomic E-state index is 9.10. The zero-order chi connectivity index (χ0) is 18.8. The van der Waals surface area contributed by atoms with E-state index in [0.717, 1.165) is 45.9 Å². The van der Waals surface area contributed by atoms with E-state index < -0.39 is 11.9 Å². The molecular formula is C19H24N2O5. The van der Waals surface area contributed by atoms with E-state index >= 15 is 0 Å². The van der Waals surface area contributed by atoms with Gasteiger partial charge in [0.2, 0.25) is 0 Å². The van der Waals surface area contributed by atoms with Gasteiger partial charge in [0.1, 0.15) is 0 Å². The number of rotatable bonds is 5. The van der Waals surface area contributed by atoms with Gasteiger partial charge in [-0.05, 0) is 16.3 Å². The zero-order valence-electron chi connectivity index (χ0n) is 14.6. The van der Waals surface area contributed by atoms with Gasteiger partial charge < -0.3 is 20.3 Å². The molecule has 1 aliphatic heterocycles. The topological polar surface area (TPSA) is 99.1 Å². The molecule has 3 rings (SSSR count). The highest BCUT2D eigenvalue weighted by Gasteiger charge is 2.09. The molecule has 0 bridgehead atoms. The van der Waals surface area contributed by atoms with Crippen LogP contribution in [0.25, 0.3) is 10.8 Å². The minimum atomic E-state index is -1.82. The average molecular weight is 360 g/mol. The number of fused-ring (bicyclic) bond motifs is 1. The fraction of sp³-hybridized carbons (Fsp3) is 0.368. The molecule has 0 unspecified atom stereocenters. The number of aliphatic carboxylic acids is 2. The predicted octanol–water partition coefficient (Wildman–Crippen LogP) is 1.42. The second-order valence-corrected chi connectivity index (χ2v) is 5.88. The number of morpholine rings is 1. The molecular weight excluding hydrogens is 336 g/mol. The van der Waals surface area contributed by atoms with E-state index in [1.54, 1.807) is 0 Å². The Kier molecular flexibility index (Phi) is 8.01. The molecule has 0 spiro atoms. The highest BCUT2D eigenvalue weighted by Crippen LogP contribution is 2.18. The molecule has 1 heterocycles. The Morgan fingerprint density at radius 3 is 2.35 bits per heavy atom. The van der Waals surface area contributed by atoms with Crippen molar-refractivity contribution in [2.75, 3.05) is 39.4 Å². The zero-order valence-corrected chi connectivity index (χ0v) is 14.6. The molecule has 0 atom stereocenters. The summed E-state index contributed by atoms with van der Waals surface area (Å²) < 4.78 is 5.36. The molecule has 3 N–H and O–H groups in total. The van der Waals surface area contributed by atoms with Crippen LogP contribution in [-0.4, -0.2) is 66.4 Å². The second-order valence-electron chi connectivity index (χ2n) is 5.88. The summed E-state index contributed by atoms with van der Waals surface area (Å²) in [5.74, 6) is -3.65. The summed E-state index contributed by atoms with van der Waals surface area (Å²) >= 11 is 0. The summed E-state index contributed by atoms with van der Waals surface area (Å²) in [5, 5.41) is 21.0. The number of carboxylic acids is 2. The number of ether oxygens (including phenoxy) is 1. The van der Waals surface area contributed by atoms with Gasteiger partial charge in [0.25, 0.3) is 0 Å². The van der Waals surface area contributed by atoms with Gasteiger partial charge in [-0.2, -0.15) is 0 Å². The number of nitrogens with one attached hydrogen (secondary N) is 1. The lowest BCUT2D eigenvalue weighted by Crippen LogP contribution is -2.40. The quantitative estimate of drug-likeness (QED) is 0.548. The van der Waals surface area contributed by atoms with Crippen LogP contribution in [0.4, 0.5) is 0 Å². The Morgan fingerprint density at radius 2 is 1.65 bits per heavy atom. The molecule has 2 aromatic carbocycles. The van der Waals surface area contributed by atoms with Crippen LogP contribution in [0.15, 0.2) is 42.5 Å². The van der Waals surface area contributed by atoms with Crippen molar-refractivity contribution < 1.29 is 24.5 Å². The summed E-state index contributed by atoms with van der Waals surface area (Å²) in [7, 11) is 0. The van der Waals surface area contributed by atoms with E-state index in [-0.39, 0.29) is 0 Å². The van der Waals surface area contributed by atoms with Gasteiger partial charge in [0, 0.05) is 32.7 Å². The molecule has 1 aliphatic rings. The molecule has 0 aromatic heterocycles. The highest BCUT2D eigenvalue weighted by molar-refractivity contribution is 6.27. The normalized spacial score (nSPS) is 14.5. The molecule has 7 heteroatoms.